The van der Waals surface area contributed by atoms with Crippen molar-refractivity contribution in [2.24, 2.45) is 11.8 Å². The lowest BCUT2D eigenvalue weighted by Gasteiger charge is -2.29. The van der Waals surface area contributed by atoms with E-state index < -0.39 is 23.3 Å². The molecule has 2 aromatic rings. The van der Waals surface area contributed by atoms with E-state index in [1.165, 1.54) is 11.9 Å². The molecule has 0 spiro atoms. The van der Waals surface area contributed by atoms with E-state index in [-0.39, 0.29) is 24.5 Å². The van der Waals surface area contributed by atoms with Crippen LogP contribution < -0.4 is 5.32 Å². The molecule has 3 heterocycles. The number of thiophene rings is 1. The van der Waals surface area contributed by atoms with Crippen LogP contribution in [0.25, 0.3) is 0 Å². The molecule has 2 aliphatic heterocycles. The summed E-state index contributed by atoms with van der Waals surface area (Å²) in [5.41, 5.74) is -0.221. The molecule has 4 rings (SSSR count). The number of carbonyl (C=O) groups excluding carboxylic acids is 3. The lowest BCUT2D eigenvalue weighted by Crippen LogP contribution is -2.98. The van der Waals surface area contributed by atoms with Crippen LogP contribution in [0.2, 0.25) is 0 Å². The zero-order valence-electron chi connectivity index (χ0n) is 15.8. The number of carbonyl (C=O) groups is 3. The highest BCUT2D eigenvalue weighted by atomic mass is 32.1. The number of hydrogen-bond acceptors (Lipinski definition) is 5. The Morgan fingerprint density at radius 1 is 1.18 bits per heavy atom. The molecule has 2 fully saturated rings. The Kier molecular flexibility index (Phi) is 4.81. The Morgan fingerprint density at radius 3 is 2.57 bits per heavy atom. The molecular formula is C21H23N2O4S+. The third kappa shape index (κ3) is 2.77. The van der Waals surface area contributed by atoms with Crippen LogP contribution in [0.3, 0.4) is 0 Å². The van der Waals surface area contributed by atoms with Gasteiger partial charge in [0.15, 0.2) is 0 Å². The van der Waals surface area contributed by atoms with Crippen LogP contribution in [0.1, 0.15) is 23.4 Å². The van der Waals surface area contributed by atoms with Gasteiger partial charge >= 0.3 is 5.97 Å². The van der Waals surface area contributed by atoms with Gasteiger partial charge in [0.2, 0.25) is 17.4 Å². The fourth-order valence-corrected chi connectivity index (χ4v) is 5.48. The number of rotatable bonds is 5. The second-order valence-corrected chi connectivity index (χ2v) is 8.35. The number of fused-ring (bicyclic) bond motifs is 1. The average molecular weight is 399 g/mol. The van der Waals surface area contributed by atoms with Crippen LogP contribution in [0.4, 0.5) is 0 Å². The van der Waals surface area contributed by atoms with Gasteiger partial charge < -0.3 is 10.1 Å². The average Bonchev–Trinajstić information content (AvgIpc) is 3.38. The summed E-state index contributed by atoms with van der Waals surface area (Å²) >= 11 is 1.54. The fraction of sp³-hybridized carbons (Fsp3) is 0.381. The Labute approximate surface area is 167 Å². The zero-order chi connectivity index (χ0) is 19.9. The number of nitrogens with zero attached hydrogens (tertiary/aromatic N) is 1. The predicted molar refractivity (Wildman–Crippen MR) is 103 cm³/mol. The van der Waals surface area contributed by atoms with Crippen LogP contribution >= 0.6 is 11.3 Å². The summed E-state index contributed by atoms with van der Waals surface area (Å²) in [4.78, 5) is 41.5. The minimum Gasteiger partial charge on any atom is -0.461 e. The Bertz CT molecular complexity index is 898. The minimum absolute atomic E-state index is 0.219. The number of benzene rings is 1. The third-order valence-electron chi connectivity index (χ3n) is 5.86. The molecule has 1 aromatic carbocycles. The van der Waals surface area contributed by atoms with Gasteiger partial charge in [-0.25, -0.2) is 4.79 Å². The van der Waals surface area contributed by atoms with Crippen LogP contribution in [0.5, 0.6) is 0 Å². The fourth-order valence-electron chi connectivity index (χ4n) is 4.64. The van der Waals surface area contributed by atoms with Gasteiger partial charge in [-0.1, -0.05) is 36.4 Å². The molecule has 0 bridgehead atoms. The van der Waals surface area contributed by atoms with Gasteiger partial charge in [0.1, 0.15) is 17.9 Å². The summed E-state index contributed by atoms with van der Waals surface area (Å²) in [6.07, 6.45) is 0.336. The van der Waals surface area contributed by atoms with Gasteiger partial charge in [0.25, 0.3) is 0 Å². The monoisotopic (exact) mass is 399 g/mol. The van der Waals surface area contributed by atoms with Crippen molar-refractivity contribution in [3.05, 3.63) is 58.3 Å². The maximum absolute atomic E-state index is 13.3. The molecule has 0 aliphatic carbocycles. The molecular weight excluding hydrogens is 376 g/mol. The molecule has 2 N–H and O–H groups in total. The Morgan fingerprint density at radius 2 is 1.93 bits per heavy atom. The van der Waals surface area contributed by atoms with Crippen molar-refractivity contribution in [1.82, 2.24) is 4.90 Å². The van der Waals surface area contributed by atoms with E-state index in [0.717, 1.165) is 10.4 Å². The van der Waals surface area contributed by atoms with Crippen molar-refractivity contribution < 1.29 is 24.4 Å². The summed E-state index contributed by atoms with van der Waals surface area (Å²) in [7, 11) is 1.51. The van der Waals surface area contributed by atoms with Crippen molar-refractivity contribution in [1.29, 1.82) is 0 Å². The highest BCUT2D eigenvalue weighted by Gasteiger charge is 2.72. The Balaban J connectivity index is 1.85. The number of quaternary nitrogens is 1. The number of likely N-dealkylation sites (tertiary alicyclic amines) is 1. The van der Waals surface area contributed by atoms with Crippen molar-refractivity contribution in [2.45, 2.75) is 24.9 Å². The number of ether oxygens (including phenoxy) is 1. The minimum atomic E-state index is -1.16. The van der Waals surface area contributed by atoms with Crippen LogP contribution in [-0.2, 0) is 25.5 Å². The summed E-state index contributed by atoms with van der Waals surface area (Å²) < 4.78 is 5.45. The van der Waals surface area contributed by atoms with E-state index in [1.807, 2.05) is 53.2 Å². The van der Waals surface area contributed by atoms with Crippen molar-refractivity contribution in [2.75, 3.05) is 13.7 Å². The lowest BCUT2D eigenvalue weighted by atomic mass is 9.76. The first-order chi connectivity index (χ1) is 13.5. The maximum atomic E-state index is 13.3. The largest absolute Gasteiger partial charge is 0.461 e. The number of esters is 1. The van der Waals surface area contributed by atoms with Gasteiger partial charge in [-0.2, -0.15) is 0 Å². The molecule has 146 valence electrons. The smallest absolute Gasteiger partial charge is 0.369 e. The number of amides is 2. The molecule has 0 radical (unpaired) electrons. The molecule has 2 saturated heterocycles. The molecule has 4 atom stereocenters. The SMILES string of the molecule is CCOC(=O)[C@@]1(Cc2ccccc2)[NH2+][C@@H](c2cccs2)[C@H]2C(=O)N(C)C(=O)[C@H]21. The lowest BCUT2D eigenvalue weighted by molar-refractivity contribution is -0.733. The van der Waals surface area contributed by atoms with Gasteiger partial charge in [0, 0.05) is 13.5 Å². The van der Waals surface area contributed by atoms with Crippen LogP contribution in [0, 0.1) is 11.8 Å². The molecule has 7 heteroatoms. The molecule has 6 nitrogen and oxygen atoms in total. The summed E-state index contributed by atoms with van der Waals surface area (Å²) in [5.74, 6) is -2.25. The normalized spacial score (nSPS) is 29.2. The third-order valence-corrected chi connectivity index (χ3v) is 6.83. The second kappa shape index (κ2) is 7.14. The number of nitrogens with two attached hydrogens (primary N) is 1. The van der Waals surface area contributed by atoms with E-state index >= 15 is 0 Å². The van der Waals surface area contributed by atoms with Gasteiger partial charge in [-0.15, -0.1) is 11.3 Å². The highest BCUT2D eigenvalue weighted by molar-refractivity contribution is 7.10. The summed E-state index contributed by atoms with van der Waals surface area (Å²) in [5, 5.41) is 3.87. The number of imide groups is 1. The predicted octanol–water partition coefficient (Wildman–Crippen LogP) is 1.14. The summed E-state index contributed by atoms with van der Waals surface area (Å²) in [6, 6.07) is 13.2. The Hall–Kier alpha value is -2.51. The van der Waals surface area contributed by atoms with E-state index in [4.69, 9.17) is 4.74 Å². The van der Waals surface area contributed by atoms with E-state index in [2.05, 4.69) is 0 Å². The van der Waals surface area contributed by atoms with Gasteiger partial charge in [-0.05, 0) is 23.9 Å². The quantitative estimate of drug-likeness (QED) is 0.604. The standard InChI is InChI=1S/C21H22N2O4S/c1-3-27-20(26)21(12-13-8-5-4-6-9-13)16-15(18(24)23(2)19(16)25)17(22-21)14-10-7-11-28-14/h4-11,15-17,22H,3,12H2,1-2H3/p+1/t15-,16-,17-,21-/m0/s1. The molecule has 0 saturated carbocycles. The molecule has 1 aromatic heterocycles. The second-order valence-electron chi connectivity index (χ2n) is 7.37. The maximum Gasteiger partial charge on any atom is 0.369 e. The highest BCUT2D eigenvalue weighted by Crippen LogP contribution is 2.46. The van der Waals surface area contributed by atoms with E-state index in [1.54, 1.807) is 18.3 Å². The van der Waals surface area contributed by atoms with Gasteiger partial charge in [0.05, 0.1) is 11.5 Å². The van der Waals surface area contributed by atoms with Crippen LogP contribution in [0.15, 0.2) is 47.8 Å². The molecule has 28 heavy (non-hydrogen) atoms. The van der Waals surface area contributed by atoms with E-state index in [0.29, 0.717) is 6.42 Å². The van der Waals surface area contributed by atoms with E-state index in [9.17, 15) is 14.4 Å². The van der Waals surface area contributed by atoms with Crippen molar-refractivity contribution in [3.63, 3.8) is 0 Å². The molecule has 2 amide bonds. The summed E-state index contributed by atoms with van der Waals surface area (Å²) in [6.45, 7) is 1.98. The van der Waals surface area contributed by atoms with Gasteiger partial charge in [-0.3, -0.25) is 14.5 Å². The molecule has 2 aliphatic rings. The van der Waals surface area contributed by atoms with Crippen molar-refractivity contribution in [3.8, 4) is 0 Å². The first-order valence-corrected chi connectivity index (χ1v) is 10.3. The first-order valence-electron chi connectivity index (χ1n) is 9.41. The topological polar surface area (TPSA) is 80.3 Å². The van der Waals surface area contributed by atoms with Crippen LogP contribution in [-0.4, -0.2) is 41.9 Å². The molecule has 0 unspecified atom stereocenters. The zero-order valence-corrected chi connectivity index (χ0v) is 16.6. The number of hydrogen-bond donors (Lipinski definition) is 1. The van der Waals surface area contributed by atoms with Crippen molar-refractivity contribution >= 4 is 29.1 Å². The first kappa shape index (κ1) is 18.8.